The Balaban J connectivity index is 2.09. The summed E-state index contributed by atoms with van der Waals surface area (Å²) in [6.45, 7) is 3.76. The van der Waals surface area contributed by atoms with Gasteiger partial charge < -0.3 is 10.2 Å². The maximum absolute atomic E-state index is 11.5. The Hall–Kier alpha value is -1.92. The number of aryl methyl sites for hydroxylation is 2. The van der Waals surface area contributed by atoms with Crippen molar-refractivity contribution in [3.63, 3.8) is 0 Å². The van der Waals surface area contributed by atoms with Crippen LogP contribution in [0, 0.1) is 13.8 Å². The van der Waals surface area contributed by atoms with Crippen LogP contribution in [0.15, 0.2) is 33.6 Å². The fourth-order valence-electron chi connectivity index (χ4n) is 1.90. The van der Waals surface area contributed by atoms with Crippen LogP contribution < -0.4 is 17.0 Å². The van der Waals surface area contributed by atoms with Gasteiger partial charge in [0.1, 0.15) is 11.5 Å². The standard InChI is InChI=1S/C14H17N3O2S/c1-8-5-10(15)3-4-13(8)20-7-11-6-12(9(2)19-11)14(18)17-16/h3-6H,7,15-16H2,1-2H3,(H,17,18). The van der Waals surface area contributed by atoms with Crippen LogP contribution in [0.4, 0.5) is 5.69 Å². The lowest BCUT2D eigenvalue weighted by Gasteiger charge is -2.05. The van der Waals surface area contributed by atoms with E-state index in [9.17, 15) is 4.79 Å². The lowest BCUT2D eigenvalue weighted by atomic mass is 10.2. The zero-order valence-corrected chi connectivity index (χ0v) is 12.2. The first kappa shape index (κ1) is 14.5. The average Bonchev–Trinajstić information content (AvgIpc) is 2.78. The van der Waals surface area contributed by atoms with E-state index in [1.54, 1.807) is 24.8 Å². The Morgan fingerprint density at radius 3 is 2.75 bits per heavy atom. The summed E-state index contributed by atoms with van der Waals surface area (Å²) in [6.07, 6.45) is 0. The van der Waals surface area contributed by atoms with E-state index in [0.29, 0.717) is 17.1 Å². The Kier molecular flexibility index (Phi) is 4.36. The Bertz CT molecular complexity index is 637. The monoisotopic (exact) mass is 291 g/mol. The zero-order valence-electron chi connectivity index (χ0n) is 11.4. The van der Waals surface area contributed by atoms with Crippen LogP contribution in [-0.2, 0) is 5.75 Å². The van der Waals surface area contributed by atoms with Crippen LogP contribution in [0.2, 0.25) is 0 Å². The number of carbonyl (C=O) groups excluding carboxylic acids is 1. The maximum atomic E-state index is 11.5. The molecule has 0 aliphatic rings. The predicted octanol–water partition coefficient (Wildman–Crippen LogP) is 2.37. The van der Waals surface area contributed by atoms with Gasteiger partial charge in [-0.2, -0.15) is 0 Å². The molecule has 6 heteroatoms. The number of carbonyl (C=O) groups is 1. The molecule has 1 amide bonds. The summed E-state index contributed by atoms with van der Waals surface area (Å²) in [5.74, 6) is 6.73. The molecule has 0 unspecified atom stereocenters. The fourth-order valence-corrected chi connectivity index (χ4v) is 2.79. The first-order valence-electron chi connectivity index (χ1n) is 6.10. The highest BCUT2D eigenvalue weighted by atomic mass is 32.2. The maximum Gasteiger partial charge on any atom is 0.268 e. The van der Waals surface area contributed by atoms with Gasteiger partial charge >= 0.3 is 0 Å². The van der Waals surface area contributed by atoms with E-state index in [4.69, 9.17) is 16.0 Å². The van der Waals surface area contributed by atoms with E-state index in [-0.39, 0.29) is 5.91 Å². The smallest absolute Gasteiger partial charge is 0.268 e. The lowest BCUT2D eigenvalue weighted by Crippen LogP contribution is -2.30. The quantitative estimate of drug-likeness (QED) is 0.264. The van der Waals surface area contributed by atoms with Crippen molar-refractivity contribution in [3.8, 4) is 0 Å². The molecule has 0 saturated heterocycles. The number of nitrogens with one attached hydrogen (secondary N) is 1. The van der Waals surface area contributed by atoms with Crippen molar-refractivity contribution in [2.45, 2.75) is 24.5 Å². The van der Waals surface area contributed by atoms with Gasteiger partial charge in [0.15, 0.2) is 0 Å². The van der Waals surface area contributed by atoms with Crippen LogP contribution in [0.1, 0.15) is 27.4 Å². The minimum atomic E-state index is -0.342. The number of nitrogen functional groups attached to an aromatic ring is 2. The van der Waals surface area contributed by atoms with E-state index < -0.39 is 0 Å². The minimum absolute atomic E-state index is 0.342. The van der Waals surface area contributed by atoms with Gasteiger partial charge in [-0.15, -0.1) is 11.8 Å². The second-order valence-corrected chi connectivity index (χ2v) is 5.49. The molecule has 5 N–H and O–H groups in total. The van der Waals surface area contributed by atoms with Crippen molar-refractivity contribution in [2.75, 3.05) is 5.73 Å². The molecule has 0 saturated carbocycles. The summed E-state index contributed by atoms with van der Waals surface area (Å²) in [5, 5.41) is 0. The lowest BCUT2D eigenvalue weighted by molar-refractivity contribution is 0.0952. The van der Waals surface area contributed by atoms with Crippen LogP contribution in [-0.4, -0.2) is 5.91 Å². The zero-order chi connectivity index (χ0) is 14.7. The predicted molar refractivity (Wildman–Crippen MR) is 80.3 cm³/mol. The molecule has 0 spiro atoms. The van der Waals surface area contributed by atoms with Gasteiger partial charge in [0, 0.05) is 10.6 Å². The van der Waals surface area contributed by atoms with Crippen molar-refractivity contribution in [3.05, 3.63) is 46.9 Å². The van der Waals surface area contributed by atoms with Crippen LogP contribution in [0.5, 0.6) is 0 Å². The number of anilines is 1. The second-order valence-electron chi connectivity index (χ2n) is 4.47. The molecule has 5 nitrogen and oxygen atoms in total. The summed E-state index contributed by atoms with van der Waals surface area (Å²) < 4.78 is 5.56. The number of hydrogen-bond donors (Lipinski definition) is 3. The normalized spacial score (nSPS) is 10.6. The number of amides is 1. The van der Waals surface area contributed by atoms with Crippen molar-refractivity contribution in [2.24, 2.45) is 5.84 Å². The van der Waals surface area contributed by atoms with E-state index >= 15 is 0 Å². The van der Waals surface area contributed by atoms with Crippen LogP contribution in [0.3, 0.4) is 0 Å². The highest BCUT2D eigenvalue weighted by Gasteiger charge is 2.14. The van der Waals surface area contributed by atoms with Crippen molar-refractivity contribution in [1.82, 2.24) is 5.43 Å². The second kappa shape index (κ2) is 6.02. The number of benzene rings is 1. The molecular weight excluding hydrogens is 274 g/mol. The number of thioether (sulfide) groups is 1. The van der Waals surface area contributed by atoms with E-state index in [0.717, 1.165) is 21.9 Å². The number of rotatable bonds is 4. The summed E-state index contributed by atoms with van der Waals surface area (Å²) in [4.78, 5) is 12.6. The summed E-state index contributed by atoms with van der Waals surface area (Å²) in [7, 11) is 0. The highest BCUT2D eigenvalue weighted by molar-refractivity contribution is 7.98. The molecule has 2 rings (SSSR count). The molecule has 2 aromatic rings. The van der Waals surface area contributed by atoms with Crippen molar-refractivity contribution < 1.29 is 9.21 Å². The number of hydrazine groups is 1. The Labute approximate surface area is 121 Å². The Morgan fingerprint density at radius 2 is 2.10 bits per heavy atom. The molecule has 1 aromatic carbocycles. The first-order valence-corrected chi connectivity index (χ1v) is 7.09. The van der Waals surface area contributed by atoms with Gasteiger partial charge in [-0.25, -0.2) is 5.84 Å². The molecule has 20 heavy (non-hydrogen) atoms. The number of furan rings is 1. The third-order valence-electron chi connectivity index (χ3n) is 2.91. The molecule has 0 aliphatic carbocycles. The van der Waals surface area contributed by atoms with Crippen molar-refractivity contribution in [1.29, 1.82) is 0 Å². The molecule has 0 fully saturated rings. The fraction of sp³-hybridized carbons (Fsp3) is 0.214. The molecule has 1 aromatic heterocycles. The molecule has 106 valence electrons. The van der Waals surface area contributed by atoms with Gasteiger partial charge in [0.05, 0.1) is 11.3 Å². The molecule has 0 atom stereocenters. The topological polar surface area (TPSA) is 94.3 Å². The number of nitrogens with two attached hydrogens (primary N) is 2. The molecule has 1 heterocycles. The number of hydrogen-bond acceptors (Lipinski definition) is 5. The van der Waals surface area contributed by atoms with E-state index in [1.807, 2.05) is 25.1 Å². The van der Waals surface area contributed by atoms with Gasteiger partial charge in [-0.3, -0.25) is 10.2 Å². The summed E-state index contributed by atoms with van der Waals surface area (Å²) >= 11 is 1.64. The largest absolute Gasteiger partial charge is 0.465 e. The van der Waals surface area contributed by atoms with Gasteiger partial charge in [-0.05, 0) is 43.7 Å². The van der Waals surface area contributed by atoms with Gasteiger partial charge in [0.25, 0.3) is 5.91 Å². The molecule has 0 bridgehead atoms. The Morgan fingerprint density at radius 1 is 1.35 bits per heavy atom. The molecule has 0 aliphatic heterocycles. The third-order valence-corrected chi connectivity index (χ3v) is 4.11. The van der Waals surface area contributed by atoms with Crippen LogP contribution in [0.25, 0.3) is 0 Å². The first-order chi connectivity index (χ1) is 9.51. The van der Waals surface area contributed by atoms with Crippen molar-refractivity contribution >= 4 is 23.4 Å². The highest BCUT2D eigenvalue weighted by Crippen LogP contribution is 2.28. The summed E-state index contributed by atoms with van der Waals surface area (Å²) in [5.41, 5.74) is 10.2. The summed E-state index contributed by atoms with van der Waals surface area (Å²) in [6, 6.07) is 7.51. The molecule has 0 radical (unpaired) electrons. The van der Waals surface area contributed by atoms with E-state index in [2.05, 4.69) is 5.43 Å². The average molecular weight is 291 g/mol. The van der Waals surface area contributed by atoms with Gasteiger partial charge in [-0.1, -0.05) is 0 Å². The molecular formula is C14H17N3O2S. The van der Waals surface area contributed by atoms with Crippen LogP contribution >= 0.6 is 11.8 Å². The minimum Gasteiger partial charge on any atom is -0.465 e. The SMILES string of the molecule is Cc1cc(N)ccc1SCc1cc(C(=O)NN)c(C)o1. The van der Waals surface area contributed by atoms with E-state index in [1.165, 1.54) is 0 Å². The third kappa shape index (κ3) is 3.15. The van der Waals surface area contributed by atoms with Gasteiger partial charge in [0.2, 0.25) is 0 Å².